The standard InChI is InChI=1S/C20H17N5O2S/c1-12-3-4-16-17(11-12)28-20(22-16)23-19(27)13(2)25-18(26)6-5-15(24-25)14-7-9-21-10-8-14/h3-11,13H,1-2H3,(H,22,23,27). The first-order chi connectivity index (χ1) is 13.5. The molecule has 0 spiro atoms. The lowest BCUT2D eigenvalue weighted by atomic mass is 10.2. The molecule has 140 valence electrons. The van der Waals surface area contributed by atoms with Crippen LogP contribution in [0.3, 0.4) is 0 Å². The zero-order valence-electron chi connectivity index (χ0n) is 15.3. The molecule has 0 radical (unpaired) electrons. The molecule has 0 saturated carbocycles. The number of carbonyl (C=O) groups is 1. The lowest BCUT2D eigenvalue weighted by Gasteiger charge is -2.14. The summed E-state index contributed by atoms with van der Waals surface area (Å²) in [6, 6.07) is 11.8. The number of rotatable bonds is 4. The maximum Gasteiger partial charge on any atom is 0.267 e. The molecule has 1 aromatic carbocycles. The Morgan fingerprint density at radius 2 is 1.93 bits per heavy atom. The highest BCUT2D eigenvalue weighted by atomic mass is 32.1. The van der Waals surface area contributed by atoms with E-state index in [2.05, 4.69) is 20.4 Å². The van der Waals surface area contributed by atoms with Crippen LogP contribution in [0, 0.1) is 6.92 Å². The van der Waals surface area contributed by atoms with Crippen LogP contribution in [-0.2, 0) is 4.79 Å². The van der Waals surface area contributed by atoms with Crippen LogP contribution < -0.4 is 10.9 Å². The second kappa shape index (κ2) is 7.32. The number of aromatic nitrogens is 4. The van der Waals surface area contributed by atoms with Gasteiger partial charge in [-0.15, -0.1) is 0 Å². The predicted octanol–water partition coefficient (Wildman–Crippen LogP) is 3.42. The Morgan fingerprint density at radius 3 is 2.71 bits per heavy atom. The number of nitrogens with one attached hydrogen (secondary N) is 1. The van der Waals surface area contributed by atoms with Crippen LogP contribution in [0.15, 0.2) is 59.7 Å². The van der Waals surface area contributed by atoms with E-state index in [4.69, 9.17) is 0 Å². The average molecular weight is 391 g/mol. The number of hydrogen-bond donors (Lipinski definition) is 1. The van der Waals surface area contributed by atoms with Gasteiger partial charge in [0.05, 0.1) is 15.9 Å². The van der Waals surface area contributed by atoms with E-state index in [0.29, 0.717) is 10.8 Å². The Hall–Kier alpha value is -3.39. The zero-order chi connectivity index (χ0) is 19.7. The van der Waals surface area contributed by atoms with E-state index >= 15 is 0 Å². The van der Waals surface area contributed by atoms with Crippen molar-refractivity contribution in [2.24, 2.45) is 0 Å². The summed E-state index contributed by atoms with van der Waals surface area (Å²) in [4.78, 5) is 33.4. The van der Waals surface area contributed by atoms with E-state index in [-0.39, 0.29) is 11.5 Å². The number of thiazole rings is 1. The summed E-state index contributed by atoms with van der Waals surface area (Å²) >= 11 is 1.40. The van der Waals surface area contributed by atoms with E-state index in [1.807, 2.05) is 25.1 Å². The smallest absolute Gasteiger partial charge is 0.267 e. The second-order valence-electron chi connectivity index (χ2n) is 6.39. The molecule has 28 heavy (non-hydrogen) atoms. The number of pyridine rings is 1. The van der Waals surface area contributed by atoms with Crippen LogP contribution in [0.5, 0.6) is 0 Å². The Morgan fingerprint density at radius 1 is 1.14 bits per heavy atom. The molecular weight excluding hydrogens is 374 g/mol. The fourth-order valence-corrected chi connectivity index (χ4v) is 3.75. The Balaban J connectivity index is 1.60. The van der Waals surface area contributed by atoms with Gasteiger partial charge in [-0.25, -0.2) is 9.67 Å². The molecule has 0 aliphatic carbocycles. The molecule has 4 aromatic rings. The van der Waals surface area contributed by atoms with Gasteiger partial charge >= 0.3 is 0 Å². The lowest BCUT2D eigenvalue weighted by Crippen LogP contribution is -2.33. The number of anilines is 1. The van der Waals surface area contributed by atoms with Crippen molar-refractivity contribution in [3.63, 3.8) is 0 Å². The highest BCUT2D eigenvalue weighted by molar-refractivity contribution is 7.22. The summed E-state index contributed by atoms with van der Waals surface area (Å²) in [5, 5.41) is 7.65. The summed E-state index contributed by atoms with van der Waals surface area (Å²) in [7, 11) is 0. The van der Waals surface area contributed by atoms with Crippen molar-refractivity contribution in [1.29, 1.82) is 0 Å². The minimum atomic E-state index is -0.789. The van der Waals surface area contributed by atoms with Crippen LogP contribution in [0.1, 0.15) is 18.5 Å². The topological polar surface area (TPSA) is 89.8 Å². The second-order valence-corrected chi connectivity index (χ2v) is 7.42. The molecule has 1 N–H and O–H groups in total. The molecule has 0 bridgehead atoms. The van der Waals surface area contributed by atoms with Gasteiger partial charge in [-0.3, -0.25) is 14.6 Å². The molecule has 0 aliphatic rings. The lowest BCUT2D eigenvalue weighted by molar-refractivity contribution is -0.119. The molecular formula is C20H17N5O2S. The van der Waals surface area contributed by atoms with E-state index in [0.717, 1.165) is 21.3 Å². The van der Waals surface area contributed by atoms with Gasteiger partial charge in [-0.2, -0.15) is 5.10 Å². The first-order valence-electron chi connectivity index (χ1n) is 8.69. The summed E-state index contributed by atoms with van der Waals surface area (Å²) in [6.07, 6.45) is 3.30. The molecule has 1 amide bonds. The van der Waals surface area contributed by atoms with E-state index < -0.39 is 6.04 Å². The van der Waals surface area contributed by atoms with Crippen LogP contribution >= 0.6 is 11.3 Å². The van der Waals surface area contributed by atoms with Crippen molar-refractivity contribution in [3.05, 3.63) is 70.8 Å². The Labute approximate surface area is 164 Å². The van der Waals surface area contributed by atoms with E-state index in [1.165, 1.54) is 22.1 Å². The molecule has 0 aliphatic heterocycles. The largest absolute Gasteiger partial charge is 0.300 e. The number of carbonyl (C=O) groups excluding carboxylic acids is 1. The minimum absolute atomic E-state index is 0.347. The van der Waals surface area contributed by atoms with Crippen molar-refractivity contribution in [2.75, 3.05) is 5.32 Å². The highest BCUT2D eigenvalue weighted by Crippen LogP contribution is 2.27. The highest BCUT2D eigenvalue weighted by Gasteiger charge is 2.19. The molecule has 1 unspecified atom stereocenters. The van der Waals surface area contributed by atoms with Gasteiger partial charge in [-0.1, -0.05) is 17.4 Å². The third-order valence-electron chi connectivity index (χ3n) is 4.32. The van der Waals surface area contributed by atoms with Crippen LogP contribution in [-0.4, -0.2) is 25.7 Å². The zero-order valence-corrected chi connectivity index (χ0v) is 16.1. The van der Waals surface area contributed by atoms with Gasteiger partial charge in [0.2, 0.25) is 0 Å². The van der Waals surface area contributed by atoms with Crippen molar-refractivity contribution in [3.8, 4) is 11.3 Å². The maximum atomic E-state index is 12.7. The number of nitrogens with zero attached hydrogens (tertiary/aromatic N) is 4. The monoisotopic (exact) mass is 391 g/mol. The number of aryl methyl sites for hydroxylation is 1. The quantitative estimate of drug-likeness (QED) is 0.576. The van der Waals surface area contributed by atoms with Gasteiger partial charge in [0.15, 0.2) is 5.13 Å². The summed E-state index contributed by atoms with van der Waals surface area (Å²) in [6.45, 7) is 3.64. The summed E-state index contributed by atoms with van der Waals surface area (Å²) < 4.78 is 2.18. The number of benzene rings is 1. The molecule has 4 rings (SSSR count). The predicted molar refractivity (Wildman–Crippen MR) is 109 cm³/mol. The molecule has 0 saturated heterocycles. The third-order valence-corrected chi connectivity index (χ3v) is 5.26. The first kappa shape index (κ1) is 18.0. The van der Waals surface area contributed by atoms with Gasteiger partial charge in [0.1, 0.15) is 6.04 Å². The van der Waals surface area contributed by atoms with Crippen molar-refractivity contribution >= 4 is 32.6 Å². The molecule has 8 heteroatoms. The summed E-state index contributed by atoms with van der Waals surface area (Å²) in [5.41, 5.74) is 3.02. The Bertz CT molecular complexity index is 1220. The number of amides is 1. The van der Waals surface area contributed by atoms with Crippen LogP contribution in [0.4, 0.5) is 5.13 Å². The average Bonchev–Trinajstić information content (AvgIpc) is 3.09. The SMILES string of the molecule is Cc1ccc2nc(NC(=O)C(C)n3nc(-c4ccncc4)ccc3=O)sc2c1. The summed E-state index contributed by atoms with van der Waals surface area (Å²) in [5.74, 6) is -0.350. The molecule has 0 fully saturated rings. The first-order valence-corrected chi connectivity index (χ1v) is 9.51. The number of fused-ring (bicyclic) bond motifs is 1. The van der Waals surface area contributed by atoms with E-state index in [1.54, 1.807) is 37.5 Å². The Kier molecular flexibility index (Phi) is 4.70. The van der Waals surface area contributed by atoms with Crippen molar-refractivity contribution in [2.45, 2.75) is 19.9 Å². The van der Waals surface area contributed by atoms with E-state index in [9.17, 15) is 9.59 Å². The van der Waals surface area contributed by atoms with Gasteiger partial charge in [0, 0.05) is 24.0 Å². The molecule has 7 nitrogen and oxygen atoms in total. The fourth-order valence-electron chi connectivity index (χ4n) is 2.79. The van der Waals surface area contributed by atoms with Gasteiger partial charge in [0.25, 0.3) is 11.5 Å². The van der Waals surface area contributed by atoms with Gasteiger partial charge < -0.3 is 5.32 Å². The molecule has 1 atom stereocenters. The molecule has 3 heterocycles. The van der Waals surface area contributed by atoms with Crippen LogP contribution in [0.2, 0.25) is 0 Å². The van der Waals surface area contributed by atoms with Gasteiger partial charge in [-0.05, 0) is 49.7 Å². The normalized spacial score (nSPS) is 12.1. The van der Waals surface area contributed by atoms with Crippen LogP contribution in [0.25, 0.3) is 21.5 Å². The number of hydrogen-bond acceptors (Lipinski definition) is 6. The van der Waals surface area contributed by atoms with Crippen molar-refractivity contribution in [1.82, 2.24) is 19.7 Å². The van der Waals surface area contributed by atoms with Crippen molar-refractivity contribution < 1.29 is 4.79 Å². The molecule has 3 aromatic heterocycles. The third kappa shape index (κ3) is 3.54. The fraction of sp³-hybridized carbons (Fsp3) is 0.150. The minimum Gasteiger partial charge on any atom is -0.300 e. The maximum absolute atomic E-state index is 12.7.